The number of Topliss-reactive ketones (excluding diaryl/α,β-unsaturated/α-hetero) is 1. The molecule has 1 heterocycles. The molecule has 3 aliphatic rings. The van der Waals surface area contributed by atoms with Gasteiger partial charge in [0, 0.05) is 24.2 Å². The molecule has 1 aromatic carbocycles. The van der Waals surface area contributed by atoms with Gasteiger partial charge in [0.15, 0.2) is 5.78 Å². The fourth-order valence-corrected chi connectivity index (χ4v) is 6.32. The molecule has 2 aromatic rings. The quantitative estimate of drug-likeness (QED) is 0.743. The number of allylic oxidation sites excluding steroid dienone is 1. The summed E-state index contributed by atoms with van der Waals surface area (Å²) in [6.45, 7) is 4.21. The molecule has 0 radical (unpaired) electrons. The number of benzene rings is 1. The molecular weight excluding hydrogens is 348 g/mol. The molecule has 2 fully saturated rings. The van der Waals surface area contributed by atoms with Crippen molar-refractivity contribution in [1.82, 2.24) is 9.78 Å². The first-order chi connectivity index (χ1) is 13.4. The number of nitrogens with zero attached hydrogens (tertiary/aromatic N) is 2. The first kappa shape index (κ1) is 17.7. The van der Waals surface area contributed by atoms with Gasteiger partial charge in [0.1, 0.15) is 5.75 Å². The molecule has 2 saturated carbocycles. The van der Waals surface area contributed by atoms with Gasteiger partial charge in [0.25, 0.3) is 0 Å². The van der Waals surface area contributed by atoms with E-state index in [0.717, 1.165) is 48.9 Å². The Hall–Kier alpha value is -2.36. The fourth-order valence-electron chi connectivity index (χ4n) is 6.32. The zero-order valence-corrected chi connectivity index (χ0v) is 16.9. The number of carbonyl (C=O) groups is 1. The van der Waals surface area contributed by atoms with E-state index in [2.05, 4.69) is 24.2 Å². The summed E-state index contributed by atoms with van der Waals surface area (Å²) in [5, 5.41) is 14.3. The van der Waals surface area contributed by atoms with Crippen LogP contribution in [-0.4, -0.2) is 20.7 Å². The monoisotopic (exact) mass is 376 g/mol. The zero-order valence-electron chi connectivity index (χ0n) is 16.9. The number of hydrogen-bond acceptors (Lipinski definition) is 3. The highest BCUT2D eigenvalue weighted by Crippen LogP contribution is 2.60. The Balaban J connectivity index is 1.50. The third-order valence-electron chi connectivity index (χ3n) is 7.73. The molecular formula is C24H28N2O2. The predicted octanol–water partition coefficient (Wildman–Crippen LogP) is 4.55. The van der Waals surface area contributed by atoms with Gasteiger partial charge in [-0.3, -0.25) is 9.48 Å². The van der Waals surface area contributed by atoms with Crippen LogP contribution in [0.15, 0.2) is 30.0 Å². The van der Waals surface area contributed by atoms with Crippen LogP contribution in [0, 0.1) is 24.2 Å². The van der Waals surface area contributed by atoms with Gasteiger partial charge in [-0.15, -0.1) is 0 Å². The lowest BCUT2D eigenvalue weighted by molar-refractivity contribution is -0.127. The van der Waals surface area contributed by atoms with Crippen molar-refractivity contribution in [1.29, 1.82) is 0 Å². The third-order valence-corrected chi connectivity index (χ3v) is 7.73. The summed E-state index contributed by atoms with van der Waals surface area (Å²) >= 11 is 0. The van der Waals surface area contributed by atoms with Gasteiger partial charge in [0.2, 0.25) is 0 Å². The predicted molar refractivity (Wildman–Crippen MR) is 109 cm³/mol. The van der Waals surface area contributed by atoms with E-state index in [1.54, 1.807) is 0 Å². The molecule has 1 N–H and O–H groups in total. The molecule has 28 heavy (non-hydrogen) atoms. The normalized spacial score (nSPS) is 32.9. The number of rotatable bonds is 1. The highest BCUT2D eigenvalue weighted by atomic mass is 16.3. The second-order valence-electron chi connectivity index (χ2n) is 9.30. The van der Waals surface area contributed by atoms with Crippen LogP contribution in [-0.2, 0) is 18.3 Å². The average molecular weight is 377 g/mol. The summed E-state index contributed by atoms with van der Waals surface area (Å²) in [6.07, 6.45) is 9.14. The number of carbonyl (C=O) groups excluding carboxylic acids is 1. The second-order valence-corrected chi connectivity index (χ2v) is 9.30. The summed E-state index contributed by atoms with van der Waals surface area (Å²) < 4.78 is 1.82. The van der Waals surface area contributed by atoms with Gasteiger partial charge in [-0.05, 0) is 91.7 Å². The number of aromatic hydroxyl groups is 1. The van der Waals surface area contributed by atoms with Gasteiger partial charge in [-0.1, -0.05) is 13.0 Å². The minimum atomic E-state index is -0.225. The molecule has 3 aliphatic carbocycles. The molecule has 4 unspecified atom stereocenters. The van der Waals surface area contributed by atoms with Crippen molar-refractivity contribution in [2.24, 2.45) is 24.3 Å². The number of phenolic OH excluding ortho intramolecular Hbond substituents is 1. The van der Waals surface area contributed by atoms with Crippen LogP contribution in [0.1, 0.15) is 60.9 Å². The van der Waals surface area contributed by atoms with Crippen LogP contribution < -0.4 is 0 Å². The molecule has 4 atom stereocenters. The highest BCUT2D eigenvalue weighted by molar-refractivity contribution is 6.06. The molecule has 0 spiro atoms. The van der Waals surface area contributed by atoms with E-state index >= 15 is 0 Å². The topological polar surface area (TPSA) is 55.1 Å². The maximum atomic E-state index is 13.4. The maximum Gasteiger partial charge on any atom is 0.165 e. The molecule has 146 valence electrons. The highest BCUT2D eigenvalue weighted by Gasteiger charge is 2.56. The lowest BCUT2D eigenvalue weighted by Gasteiger charge is -2.48. The minimum absolute atomic E-state index is 0.225. The van der Waals surface area contributed by atoms with Crippen LogP contribution in [0.5, 0.6) is 5.75 Å². The van der Waals surface area contributed by atoms with Gasteiger partial charge in [-0.25, -0.2) is 0 Å². The van der Waals surface area contributed by atoms with Crippen molar-refractivity contribution in [3.05, 3.63) is 52.4 Å². The second kappa shape index (κ2) is 6.07. The summed E-state index contributed by atoms with van der Waals surface area (Å²) in [7, 11) is 1.93. The standard InChI is InChI=1S/C24H28N2O2/c1-14-17(13-26(3)25-14)10-16-12-22-21-6-4-15-11-18(27)5-7-19(15)20(21)8-9-24(22,2)23(16)28/h5,7,10-11,13,20-22,27H,4,6,8-9,12H2,1-3H3. The van der Waals surface area contributed by atoms with E-state index in [4.69, 9.17) is 0 Å². The van der Waals surface area contributed by atoms with E-state index in [0.29, 0.717) is 29.3 Å². The molecule has 0 saturated heterocycles. The average Bonchev–Trinajstić information content (AvgIpc) is 3.11. The lowest BCUT2D eigenvalue weighted by Crippen LogP contribution is -2.42. The van der Waals surface area contributed by atoms with Crippen LogP contribution in [0.25, 0.3) is 6.08 Å². The first-order valence-corrected chi connectivity index (χ1v) is 10.4. The third kappa shape index (κ3) is 2.50. The first-order valence-electron chi connectivity index (χ1n) is 10.4. The Morgan fingerprint density at radius 1 is 1.32 bits per heavy atom. The molecule has 1 aromatic heterocycles. The number of phenols is 1. The van der Waals surface area contributed by atoms with Gasteiger partial charge in [0.05, 0.1) is 5.69 Å². The van der Waals surface area contributed by atoms with E-state index in [1.165, 1.54) is 11.1 Å². The molecule has 5 rings (SSSR count). The summed E-state index contributed by atoms with van der Waals surface area (Å²) in [5.41, 5.74) is 5.51. The Labute approximate surface area is 166 Å². The van der Waals surface area contributed by atoms with E-state index in [-0.39, 0.29) is 5.41 Å². The van der Waals surface area contributed by atoms with Crippen LogP contribution >= 0.6 is 0 Å². The minimum Gasteiger partial charge on any atom is -0.508 e. The molecule has 0 amide bonds. The molecule has 0 bridgehead atoms. The van der Waals surface area contributed by atoms with E-state index in [1.807, 2.05) is 37.0 Å². The molecule has 0 aliphatic heterocycles. The fraction of sp³-hybridized carbons (Fsp3) is 0.500. The Bertz CT molecular complexity index is 1000. The van der Waals surface area contributed by atoms with E-state index < -0.39 is 0 Å². The number of ketones is 1. The SMILES string of the molecule is Cc1nn(C)cc1C=C1CC2C3CCc4cc(O)ccc4C3CCC2(C)C1=O. The van der Waals surface area contributed by atoms with Crippen LogP contribution in [0.2, 0.25) is 0 Å². The Kier molecular flexibility index (Phi) is 3.84. The van der Waals surface area contributed by atoms with Crippen molar-refractivity contribution in [2.45, 2.75) is 51.9 Å². The maximum absolute atomic E-state index is 13.4. The van der Waals surface area contributed by atoms with Crippen molar-refractivity contribution in [3.8, 4) is 5.75 Å². The summed E-state index contributed by atoms with van der Waals surface area (Å²) in [5.74, 6) is 2.22. The Morgan fingerprint density at radius 3 is 2.89 bits per heavy atom. The molecule has 4 heteroatoms. The van der Waals surface area contributed by atoms with Crippen LogP contribution in [0.4, 0.5) is 0 Å². The lowest BCUT2D eigenvalue weighted by atomic mass is 9.55. The van der Waals surface area contributed by atoms with Crippen molar-refractivity contribution in [3.63, 3.8) is 0 Å². The van der Waals surface area contributed by atoms with Gasteiger partial charge >= 0.3 is 0 Å². The Morgan fingerprint density at radius 2 is 2.14 bits per heavy atom. The largest absolute Gasteiger partial charge is 0.508 e. The van der Waals surface area contributed by atoms with Crippen LogP contribution in [0.3, 0.4) is 0 Å². The number of fused-ring (bicyclic) bond motifs is 5. The van der Waals surface area contributed by atoms with Crippen molar-refractivity contribution >= 4 is 11.9 Å². The zero-order chi connectivity index (χ0) is 19.6. The number of aryl methyl sites for hydroxylation is 3. The van der Waals surface area contributed by atoms with Gasteiger partial charge < -0.3 is 5.11 Å². The number of aromatic nitrogens is 2. The van der Waals surface area contributed by atoms with Gasteiger partial charge in [-0.2, -0.15) is 5.10 Å². The summed E-state index contributed by atoms with van der Waals surface area (Å²) in [4.78, 5) is 13.4. The van der Waals surface area contributed by atoms with Crippen molar-refractivity contribution < 1.29 is 9.90 Å². The van der Waals surface area contributed by atoms with E-state index in [9.17, 15) is 9.90 Å². The number of hydrogen-bond donors (Lipinski definition) is 1. The summed E-state index contributed by atoms with van der Waals surface area (Å²) in [6, 6.07) is 5.89. The molecule has 4 nitrogen and oxygen atoms in total. The smallest absolute Gasteiger partial charge is 0.165 e. The van der Waals surface area contributed by atoms with Crippen molar-refractivity contribution in [2.75, 3.05) is 0 Å².